The number of esters is 1. The second-order valence-electron chi connectivity index (χ2n) is 8.97. The first-order valence-corrected chi connectivity index (χ1v) is 11.7. The van der Waals surface area contributed by atoms with Crippen molar-refractivity contribution in [2.75, 3.05) is 0 Å². The highest BCUT2D eigenvalue weighted by atomic mass is 19.1. The number of halogens is 1. The van der Waals surface area contributed by atoms with Crippen molar-refractivity contribution >= 4 is 5.97 Å². The predicted molar refractivity (Wildman–Crippen MR) is 121 cm³/mol. The van der Waals surface area contributed by atoms with Gasteiger partial charge in [0.25, 0.3) is 0 Å². The molecule has 0 amide bonds. The van der Waals surface area contributed by atoms with Crippen molar-refractivity contribution in [3.8, 4) is 12.1 Å². The van der Waals surface area contributed by atoms with E-state index in [0.29, 0.717) is 5.92 Å². The maximum atomic E-state index is 13.9. The van der Waals surface area contributed by atoms with Crippen LogP contribution in [0, 0.1) is 40.3 Å². The Bertz CT molecular complexity index is 909. The maximum absolute atomic E-state index is 13.9. The summed E-state index contributed by atoms with van der Waals surface area (Å²) in [4.78, 5) is 12.7. The standard InChI is InChI=1S/C27H31FN2O2/c28-26-18-23(13-14-24(26)19-30)21-9-11-22(12-10-21)27(31)32-25-15-7-20(8-16-25)6-4-2-1-3-5-17-29/h1-3,5,13-14,18,20-22,25H,4,6-12,15-16H2. The van der Waals surface area contributed by atoms with Crippen LogP contribution in [0.2, 0.25) is 0 Å². The van der Waals surface area contributed by atoms with Crippen LogP contribution in [0.25, 0.3) is 0 Å². The number of ether oxygens (including phenoxy) is 1. The highest BCUT2D eigenvalue weighted by Gasteiger charge is 2.31. The van der Waals surface area contributed by atoms with Crippen LogP contribution >= 0.6 is 0 Å². The van der Waals surface area contributed by atoms with E-state index in [4.69, 9.17) is 15.3 Å². The summed E-state index contributed by atoms with van der Waals surface area (Å²) in [5, 5.41) is 17.3. The number of rotatable bonds is 7. The van der Waals surface area contributed by atoms with Gasteiger partial charge in [-0.25, -0.2) is 4.39 Å². The molecule has 4 nitrogen and oxygen atoms in total. The van der Waals surface area contributed by atoms with Gasteiger partial charge in [0.2, 0.25) is 0 Å². The van der Waals surface area contributed by atoms with E-state index in [2.05, 4.69) is 6.08 Å². The SMILES string of the molecule is N#CC=CC=CCCC1CCC(OC(=O)C2CCC(c3ccc(C#N)c(F)c3)CC2)CC1. The number of carbonyl (C=O) groups excluding carboxylic acids is 1. The van der Waals surface area contributed by atoms with E-state index in [0.717, 1.165) is 69.8 Å². The second-order valence-corrected chi connectivity index (χ2v) is 8.97. The van der Waals surface area contributed by atoms with Crippen LogP contribution in [0.1, 0.15) is 81.3 Å². The Morgan fingerprint density at radius 1 is 1.06 bits per heavy atom. The van der Waals surface area contributed by atoms with Gasteiger partial charge < -0.3 is 4.74 Å². The average molecular weight is 435 g/mol. The molecule has 0 bridgehead atoms. The summed E-state index contributed by atoms with van der Waals surface area (Å²) in [6.45, 7) is 0. The first-order valence-electron chi connectivity index (χ1n) is 11.7. The molecule has 1 aromatic carbocycles. The normalized spacial score (nSPS) is 26.0. The van der Waals surface area contributed by atoms with E-state index in [9.17, 15) is 9.18 Å². The Hall–Kier alpha value is -2.92. The molecule has 0 unspecified atom stereocenters. The van der Waals surface area contributed by atoms with Crippen molar-refractivity contribution in [1.82, 2.24) is 0 Å². The van der Waals surface area contributed by atoms with Gasteiger partial charge in [0.1, 0.15) is 18.0 Å². The van der Waals surface area contributed by atoms with Gasteiger partial charge in [-0.15, -0.1) is 0 Å². The number of allylic oxidation sites excluding steroid dienone is 4. The molecular formula is C27H31FN2O2. The predicted octanol–water partition coefficient (Wildman–Crippen LogP) is 6.49. The summed E-state index contributed by atoms with van der Waals surface area (Å²) in [5.74, 6) is 0.330. The molecule has 32 heavy (non-hydrogen) atoms. The van der Waals surface area contributed by atoms with Crippen molar-refractivity contribution in [1.29, 1.82) is 10.5 Å². The first kappa shape index (κ1) is 23.7. The zero-order valence-electron chi connectivity index (χ0n) is 18.5. The summed E-state index contributed by atoms with van der Waals surface area (Å²) in [6, 6.07) is 8.68. The van der Waals surface area contributed by atoms with Crippen LogP contribution in [0.15, 0.2) is 42.5 Å². The summed E-state index contributed by atoms with van der Waals surface area (Å²) >= 11 is 0. The lowest BCUT2D eigenvalue weighted by molar-refractivity contribution is -0.157. The summed E-state index contributed by atoms with van der Waals surface area (Å²) in [5.41, 5.74) is 0.993. The lowest BCUT2D eigenvalue weighted by Gasteiger charge is -2.31. The number of nitrogens with zero attached hydrogens (tertiary/aromatic N) is 2. The molecule has 5 heteroatoms. The Labute approximate surface area is 190 Å². The van der Waals surface area contributed by atoms with Gasteiger partial charge in [-0.1, -0.05) is 24.3 Å². The average Bonchev–Trinajstić information content (AvgIpc) is 2.82. The van der Waals surface area contributed by atoms with E-state index >= 15 is 0 Å². The molecule has 2 fully saturated rings. The Kier molecular flexibility index (Phi) is 9.05. The second kappa shape index (κ2) is 12.2. The fourth-order valence-corrected chi connectivity index (χ4v) is 4.94. The van der Waals surface area contributed by atoms with E-state index in [1.165, 1.54) is 12.1 Å². The highest BCUT2D eigenvalue weighted by molar-refractivity contribution is 5.72. The number of hydrogen-bond donors (Lipinski definition) is 0. The molecule has 0 aliphatic heterocycles. The van der Waals surface area contributed by atoms with Gasteiger partial charge in [0.15, 0.2) is 0 Å². The maximum Gasteiger partial charge on any atom is 0.309 e. The van der Waals surface area contributed by atoms with E-state index < -0.39 is 5.82 Å². The molecule has 3 rings (SSSR count). The number of hydrogen-bond acceptors (Lipinski definition) is 4. The largest absolute Gasteiger partial charge is 0.462 e. The molecule has 2 saturated carbocycles. The minimum absolute atomic E-state index is 0.0400. The van der Waals surface area contributed by atoms with Crippen LogP contribution in [-0.2, 0) is 9.53 Å². The third-order valence-corrected chi connectivity index (χ3v) is 6.88. The first-order chi connectivity index (χ1) is 15.6. The van der Waals surface area contributed by atoms with Crippen molar-refractivity contribution in [3.05, 3.63) is 59.4 Å². The summed E-state index contributed by atoms with van der Waals surface area (Å²) in [6.07, 6.45) is 16.7. The summed E-state index contributed by atoms with van der Waals surface area (Å²) in [7, 11) is 0. The van der Waals surface area contributed by atoms with Crippen molar-refractivity contribution in [3.63, 3.8) is 0 Å². The van der Waals surface area contributed by atoms with E-state index in [-0.39, 0.29) is 29.5 Å². The van der Waals surface area contributed by atoms with Gasteiger partial charge in [-0.3, -0.25) is 4.79 Å². The van der Waals surface area contributed by atoms with Gasteiger partial charge in [0, 0.05) is 6.08 Å². The number of nitriles is 2. The fraction of sp³-hybridized carbons (Fsp3) is 0.519. The summed E-state index contributed by atoms with van der Waals surface area (Å²) < 4.78 is 19.8. The zero-order chi connectivity index (χ0) is 22.8. The molecule has 1 aromatic rings. The topological polar surface area (TPSA) is 73.9 Å². The third kappa shape index (κ3) is 6.79. The molecule has 0 heterocycles. The third-order valence-electron chi connectivity index (χ3n) is 6.88. The van der Waals surface area contributed by atoms with Crippen molar-refractivity contribution < 1.29 is 13.9 Å². The Morgan fingerprint density at radius 3 is 2.47 bits per heavy atom. The van der Waals surface area contributed by atoms with E-state index in [1.807, 2.05) is 24.3 Å². The van der Waals surface area contributed by atoms with Crippen molar-refractivity contribution in [2.45, 2.75) is 76.2 Å². The quantitative estimate of drug-likeness (QED) is 0.279. The monoisotopic (exact) mass is 434 g/mol. The van der Waals surface area contributed by atoms with Gasteiger partial charge in [0.05, 0.1) is 17.6 Å². The molecule has 2 aliphatic carbocycles. The van der Waals surface area contributed by atoms with E-state index in [1.54, 1.807) is 12.1 Å². The molecule has 0 atom stereocenters. The van der Waals surface area contributed by atoms with Crippen LogP contribution < -0.4 is 0 Å². The molecule has 0 spiro atoms. The van der Waals surface area contributed by atoms with Gasteiger partial charge in [-0.05, 0) is 93.7 Å². The minimum Gasteiger partial charge on any atom is -0.462 e. The van der Waals surface area contributed by atoms with Crippen LogP contribution in [0.5, 0.6) is 0 Å². The zero-order valence-corrected chi connectivity index (χ0v) is 18.5. The smallest absolute Gasteiger partial charge is 0.309 e. The lowest BCUT2D eigenvalue weighted by atomic mass is 9.78. The van der Waals surface area contributed by atoms with Crippen LogP contribution in [0.3, 0.4) is 0 Å². The molecule has 0 N–H and O–H groups in total. The van der Waals surface area contributed by atoms with Crippen molar-refractivity contribution in [2.24, 2.45) is 11.8 Å². The molecule has 0 radical (unpaired) electrons. The Morgan fingerprint density at radius 2 is 1.81 bits per heavy atom. The molecule has 0 saturated heterocycles. The molecule has 0 aromatic heterocycles. The van der Waals surface area contributed by atoms with Crippen LogP contribution in [-0.4, -0.2) is 12.1 Å². The van der Waals surface area contributed by atoms with Crippen LogP contribution in [0.4, 0.5) is 4.39 Å². The minimum atomic E-state index is -0.464. The lowest BCUT2D eigenvalue weighted by Crippen LogP contribution is -2.29. The Balaban J connectivity index is 1.36. The molecular weight excluding hydrogens is 403 g/mol. The number of carbonyl (C=O) groups is 1. The number of benzene rings is 1. The fourth-order valence-electron chi connectivity index (χ4n) is 4.94. The molecule has 2 aliphatic rings. The van der Waals surface area contributed by atoms with Gasteiger partial charge >= 0.3 is 5.97 Å². The highest BCUT2D eigenvalue weighted by Crippen LogP contribution is 2.37. The molecule has 168 valence electrons. The van der Waals surface area contributed by atoms with Gasteiger partial charge in [-0.2, -0.15) is 10.5 Å².